The average molecular weight is 311 g/mol. The number of benzene rings is 1. The summed E-state index contributed by atoms with van der Waals surface area (Å²) in [6.07, 6.45) is 1.76. The molecule has 114 valence electrons. The van der Waals surface area contributed by atoms with Crippen LogP contribution < -0.4 is 0 Å². The number of carbonyl (C=O) groups excluding carboxylic acids is 1. The molecule has 6 heteroatoms. The zero-order chi connectivity index (χ0) is 15.2. The summed E-state index contributed by atoms with van der Waals surface area (Å²) in [5.41, 5.74) is 0. The fourth-order valence-corrected chi connectivity index (χ4v) is 3.19. The lowest BCUT2D eigenvalue weighted by Crippen LogP contribution is -2.42. The standard InChI is InChI=1S/C15H18FNO3S/c16-12-3-5-13(6-4-12)21-9-7-14(18)17-8-1-2-11(10-17)15(19)20/h3-6,11H,1-2,7-10H2,(H,19,20)/t11-/m1/s1. The first-order valence-electron chi connectivity index (χ1n) is 6.95. The van der Waals surface area contributed by atoms with Gasteiger partial charge < -0.3 is 10.0 Å². The molecule has 0 aliphatic carbocycles. The van der Waals surface area contributed by atoms with Crippen molar-refractivity contribution in [3.63, 3.8) is 0 Å². The summed E-state index contributed by atoms with van der Waals surface area (Å²) in [7, 11) is 0. The van der Waals surface area contributed by atoms with Crippen molar-refractivity contribution in [3.8, 4) is 0 Å². The Hall–Kier alpha value is -1.56. The number of piperidine rings is 1. The number of aliphatic carboxylic acids is 1. The summed E-state index contributed by atoms with van der Waals surface area (Å²) in [4.78, 5) is 25.6. The van der Waals surface area contributed by atoms with E-state index in [-0.39, 0.29) is 11.7 Å². The van der Waals surface area contributed by atoms with Crippen LogP contribution in [0.25, 0.3) is 0 Å². The summed E-state index contributed by atoms with van der Waals surface area (Å²) in [6.45, 7) is 0.958. The van der Waals surface area contributed by atoms with Gasteiger partial charge in [0.05, 0.1) is 5.92 Å². The molecule has 1 heterocycles. The molecule has 1 aromatic carbocycles. The smallest absolute Gasteiger partial charge is 0.308 e. The number of halogens is 1. The van der Waals surface area contributed by atoms with Crippen molar-refractivity contribution in [2.45, 2.75) is 24.2 Å². The Bertz CT molecular complexity index is 506. The minimum Gasteiger partial charge on any atom is -0.481 e. The van der Waals surface area contributed by atoms with Crippen molar-refractivity contribution in [2.24, 2.45) is 5.92 Å². The Morgan fingerprint density at radius 1 is 1.33 bits per heavy atom. The first kappa shape index (κ1) is 15.8. The minimum absolute atomic E-state index is 0.00411. The number of amides is 1. The van der Waals surface area contributed by atoms with Crippen molar-refractivity contribution in [1.82, 2.24) is 4.90 Å². The minimum atomic E-state index is -0.826. The van der Waals surface area contributed by atoms with E-state index in [0.717, 1.165) is 11.3 Å². The van der Waals surface area contributed by atoms with Crippen LogP contribution in [0.1, 0.15) is 19.3 Å². The van der Waals surface area contributed by atoms with E-state index >= 15 is 0 Å². The van der Waals surface area contributed by atoms with Gasteiger partial charge in [-0.3, -0.25) is 9.59 Å². The molecular formula is C15H18FNO3S. The zero-order valence-electron chi connectivity index (χ0n) is 11.6. The molecule has 2 rings (SSSR count). The lowest BCUT2D eigenvalue weighted by molar-refractivity contribution is -0.145. The Balaban J connectivity index is 1.76. The van der Waals surface area contributed by atoms with Crippen LogP contribution in [0.4, 0.5) is 4.39 Å². The number of rotatable bonds is 5. The number of hydrogen-bond donors (Lipinski definition) is 1. The summed E-state index contributed by atoms with van der Waals surface area (Å²) >= 11 is 1.50. The second kappa shape index (κ2) is 7.45. The molecule has 1 atom stereocenters. The third-order valence-corrected chi connectivity index (χ3v) is 4.54. The molecule has 0 radical (unpaired) electrons. The van der Waals surface area contributed by atoms with E-state index in [9.17, 15) is 14.0 Å². The van der Waals surface area contributed by atoms with E-state index in [1.54, 1.807) is 17.0 Å². The van der Waals surface area contributed by atoms with Gasteiger partial charge >= 0.3 is 5.97 Å². The van der Waals surface area contributed by atoms with E-state index < -0.39 is 11.9 Å². The van der Waals surface area contributed by atoms with Crippen molar-refractivity contribution < 1.29 is 19.1 Å². The first-order valence-corrected chi connectivity index (χ1v) is 7.94. The summed E-state index contributed by atoms with van der Waals surface area (Å²) < 4.78 is 12.8. The summed E-state index contributed by atoms with van der Waals surface area (Å²) in [6, 6.07) is 6.16. The largest absolute Gasteiger partial charge is 0.481 e. The quantitative estimate of drug-likeness (QED) is 0.849. The molecule has 4 nitrogen and oxygen atoms in total. The number of carboxylic acid groups (broad SMARTS) is 1. The zero-order valence-corrected chi connectivity index (χ0v) is 12.4. The van der Waals surface area contributed by atoms with Gasteiger partial charge in [-0.05, 0) is 37.1 Å². The molecule has 0 bridgehead atoms. The number of carbonyl (C=O) groups is 2. The highest BCUT2D eigenvalue weighted by Crippen LogP contribution is 2.21. The second-order valence-electron chi connectivity index (χ2n) is 5.07. The predicted octanol–water partition coefficient (Wildman–Crippen LogP) is 2.63. The first-order chi connectivity index (χ1) is 10.1. The van der Waals surface area contributed by atoms with Crippen LogP contribution in [0.5, 0.6) is 0 Å². The van der Waals surface area contributed by atoms with Gasteiger partial charge in [0.15, 0.2) is 0 Å². The maximum Gasteiger partial charge on any atom is 0.308 e. The number of thioether (sulfide) groups is 1. The monoisotopic (exact) mass is 311 g/mol. The van der Waals surface area contributed by atoms with E-state index in [1.807, 2.05) is 0 Å². The number of hydrogen-bond acceptors (Lipinski definition) is 3. The molecule has 0 aromatic heterocycles. The van der Waals surface area contributed by atoms with Crippen molar-refractivity contribution in [3.05, 3.63) is 30.1 Å². The van der Waals surface area contributed by atoms with Crippen molar-refractivity contribution >= 4 is 23.6 Å². The van der Waals surface area contributed by atoms with E-state index in [1.165, 1.54) is 23.9 Å². The summed E-state index contributed by atoms with van der Waals surface area (Å²) in [5.74, 6) is -0.932. The maximum absolute atomic E-state index is 12.8. The van der Waals surface area contributed by atoms with Crippen molar-refractivity contribution in [2.75, 3.05) is 18.8 Å². The molecule has 1 aromatic rings. The third kappa shape index (κ3) is 4.74. The van der Waals surface area contributed by atoms with E-state index in [4.69, 9.17) is 5.11 Å². The average Bonchev–Trinajstić information content (AvgIpc) is 2.49. The molecule has 0 unspecified atom stereocenters. The number of likely N-dealkylation sites (tertiary alicyclic amines) is 1. The van der Waals surface area contributed by atoms with Crippen LogP contribution in [-0.4, -0.2) is 40.7 Å². The molecule has 1 amide bonds. The molecule has 1 aliphatic heterocycles. The topological polar surface area (TPSA) is 57.6 Å². The van der Waals surface area contributed by atoms with Gasteiger partial charge in [-0.2, -0.15) is 0 Å². The van der Waals surface area contributed by atoms with Crippen LogP contribution in [0.2, 0.25) is 0 Å². The Kier molecular flexibility index (Phi) is 5.61. The van der Waals surface area contributed by atoms with E-state index in [0.29, 0.717) is 31.7 Å². The van der Waals surface area contributed by atoms with Crippen LogP contribution in [0, 0.1) is 11.7 Å². The van der Waals surface area contributed by atoms with Gasteiger partial charge in [0.2, 0.25) is 5.91 Å². The van der Waals surface area contributed by atoms with Gasteiger partial charge in [-0.1, -0.05) is 0 Å². The molecule has 1 N–H and O–H groups in total. The highest BCUT2D eigenvalue weighted by atomic mass is 32.2. The van der Waals surface area contributed by atoms with Crippen molar-refractivity contribution in [1.29, 1.82) is 0 Å². The number of nitrogens with zero attached hydrogens (tertiary/aromatic N) is 1. The maximum atomic E-state index is 12.8. The van der Waals surface area contributed by atoms with Gasteiger partial charge in [-0.15, -0.1) is 11.8 Å². The fraction of sp³-hybridized carbons (Fsp3) is 0.467. The SMILES string of the molecule is O=C(O)[C@@H]1CCCN(C(=O)CCSc2ccc(F)cc2)C1. The highest BCUT2D eigenvalue weighted by Gasteiger charge is 2.27. The normalized spacial score (nSPS) is 18.5. The fourth-order valence-electron chi connectivity index (χ4n) is 2.35. The molecule has 0 spiro atoms. The van der Waals surface area contributed by atoms with E-state index in [2.05, 4.69) is 0 Å². The molecule has 1 saturated heterocycles. The predicted molar refractivity (Wildman–Crippen MR) is 78.7 cm³/mol. The molecular weight excluding hydrogens is 293 g/mol. The van der Waals surface area contributed by atoms with Crippen LogP contribution in [-0.2, 0) is 9.59 Å². The summed E-state index contributed by atoms with van der Waals surface area (Å²) in [5, 5.41) is 9.01. The Labute approximate surface area is 127 Å². The van der Waals surface area contributed by atoms with Gasteiger partial charge in [0.1, 0.15) is 5.82 Å². The van der Waals surface area contributed by atoms with Crippen LogP contribution in [0.15, 0.2) is 29.2 Å². The second-order valence-corrected chi connectivity index (χ2v) is 6.24. The molecule has 0 saturated carbocycles. The van der Waals surface area contributed by atoms with Gasteiger partial charge in [-0.25, -0.2) is 4.39 Å². The Morgan fingerprint density at radius 2 is 2.05 bits per heavy atom. The van der Waals surface area contributed by atoms with Crippen LogP contribution in [0.3, 0.4) is 0 Å². The van der Waals surface area contributed by atoms with Gasteiger partial charge in [0.25, 0.3) is 0 Å². The molecule has 1 fully saturated rings. The highest BCUT2D eigenvalue weighted by molar-refractivity contribution is 7.99. The lowest BCUT2D eigenvalue weighted by atomic mass is 9.98. The lowest BCUT2D eigenvalue weighted by Gasteiger charge is -2.30. The molecule has 21 heavy (non-hydrogen) atoms. The number of carboxylic acids is 1. The third-order valence-electron chi connectivity index (χ3n) is 3.52. The van der Waals surface area contributed by atoms with Gasteiger partial charge in [0, 0.05) is 30.2 Å². The Morgan fingerprint density at radius 3 is 2.71 bits per heavy atom. The van der Waals surface area contributed by atoms with Crippen LogP contribution >= 0.6 is 11.8 Å². The molecule has 1 aliphatic rings.